The summed E-state index contributed by atoms with van der Waals surface area (Å²) in [4.78, 5) is 44.7. The van der Waals surface area contributed by atoms with E-state index in [0.29, 0.717) is 5.56 Å². The molecule has 1 aliphatic heterocycles. The molecule has 0 spiro atoms. The molecule has 0 saturated carbocycles. The van der Waals surface area contributed by atoms with Gasteiger partial charge in [0.2, 0.25) is 5.91 Å². The van der Waals surface area contributed by atoms with Crippen molar-refractivity contribution in [3.05, 3.63) is 88.8 Å². The third-order valence-corrected chi connectivity index (χ3v) is 6.05. The van der Waals surface area contributed by atoms with Crippen molar-refractivity contribution >= 4 is 17.8 Å². The van der Waals surface area contributed by atoms with Crippen molar-refractivity contribution in [1.29, 1.82) is 0 Å². The van der Waals surface area contributed by atoms with Crippen LogP contribution >= 0.6 is 0 Å². The van der Waals surface area contributed by atoms with E-state index >= 15 is 0 Å². The number of nitrogens with one attached hydrogen (secondary N) is 1. The number of imidazole rings is 1. The Morgan fingerprint density at radius 3 is 2.41 bits per heavy atom. The number of carbonyl (C=O) groups excluding carboxylic acids is 3. The molecule has 4 rings (SSSR count). The number of ether oxygens (including phenoxy) is 1. The van der Waals surface area contributed by atoms with Crippen LogP contribution in [0.1, 0.15) is 44.6 Å². The maximum Gasteiger partial charge on any atom is 0.359 e. The van der Waals surface area contributed by atoms with Crippen molar-refractivity contribution in [2.45, 2.75) is 39.0 Å². The first-order valence-corrected chi connectivity index (χ1v) is 10.8. The van der Waals surface area contributed by atoms with Gasteiger partial charge in [-0.2, -0.15) is 0 Å². The topological polar surface area (TPSA) is 93.5 Å². The fourth-order valence-corrected chi connectivity index (χ4v) is 4.03. The predicted molar refractivity (Wildman–Crippen MR) is 121 cm³/mol. The van der Waals surface area contributed by atoms with E-state index in [2.05, 4.69) is 10.3 Å². The Bertz CT molecular complexity index is 1240. The molecule has 1 aliphatic rings. The van der Waals surface area contributed by atoms with Crippen LogP contribution in [0.5, 0.6) is 0 Å². The molecule has 34 heavy (non-hydrogen) atoms. The summed E-state index contributed by atoms with van der Waals surface area (Å²) in [6.07, 6.45) is 1.36. The van der Waals surface area contributed by atoms with E-state index in [1.807, 2.05) is 31.2 Å². The molecule has 0 unspecified atom stereocenters. The fourth-order valence-electron chi connectivity index (χ4n) is 4.03. The zero-order chi connectivity index (χ0) is 24.5. The van der Waals surface area contributed by atoms with E-state index in [-0.39, 0.29) is 36.9 Å². The molecule has 0 saturated heterocycles. The van der Waals surface area contributed by atoms with Crippen molar-refractivity contribution in [3.63, 3.8) is 0 Å². The number of benzene rings is 2. The van der Waals surface area contributed by atoms with Crippen LogP contribution < -0.4 is 5.32 Å². The summed E-state index contributed by atoms with van der Waals surface area (Å²) >= 11 is 0. The number of rotatable bonds is 6. The molecular formula is C25H25FN4O4. The molecule has 0 fully saturated rings. The predicted octanol–water partition coefficient (Wildman–Crippen LogP) is 2.85. The summed E-state index contributed by atoms with van der Waals surface area (Å²) in [6, 6.07) is 13.5. The maximum atomic E-state index is 13.6. The third-order valence-electron chi connectivity index (χ3n) is 6.05. The van der Waals surface area contributed by atoms with E-state index in [1.165, 1.54) is 35.0 Å². The molecule has 176 valence electrons. The van der Waals surface area contributed by atoms with Gasteiger partial charge in [-0.25, -0.2) is 14.2 Å². The minimum atomic E-state index is -1.29. The van der Waals surface area contributed by atoms with Crippen LogP contribution in [0.15, 0.2) is 54.9 Å². The number of methoxy groups -OCH3 is 1. The van der Waals surface area contributed by atoms with Crippen LogP contribution in [0.2, 0.25) is 0 Å². The zero-order valence-corrected chi connectivity index (χ0v) is 19.2. The summed E-state index contributed by atoms with van der Waals surface area (Å²) in [5, 5.41) is 2.93. The number of esters is 1. The van der Waals surface area contributed by atoms with Crippen molar-refractivity contribution in [1.82, 2.24) is 19.8 Å². The Kier molecular flexibility index (Phi) is 6.19. The first kappa shape index (κ1) is 23.2. The lowest BCUT2D eigenvalue weighted by Crippen LogP contribution is -2.63. The summed E-state index contributed by atoms with van der Waals surface area (Å²) in [6.45, 7) is 4.06. The van der Waals surface area contributed by atoms with Crippen LogP contribution in [0.4, 0.5) is 4.39 Å². The van der Waals surface area contributed by atoms with Gasteiger partial charge in [-0.3, -0.25) is 9.59 Å². The minimum Gasteiger partial charge on any atom is -0.464 e. The minimum absolute atomic E-state index is 0.0410. The number of aryl methyl sites for hydroxylation is 1. The van der Waals surface area contributed by atoms with Gasteiger partial charge < -0.3 is 19.5 Å². The van der Waals surface area contributed by atoms with Crippen LogP contribution in [0.3, 0.4) is 0 Å². The Morgan fingerprint density at radius 2 is 1.76 bits per heavy atom. The molecular weight excluding hydrogens is 439 g/mol. The normalized spacial score (nSPS) is 17.3. The SMILES string of the molecule is COC(=O)c1ncn2c1C(=O)N(Cc1ccc(F)cc1)[C@](C)(C(=O)NCc1ccc(C)cc1)C2. The highest BCUT2D eigenvalue weighted by Gasteiger charge is 2.48. The number of amides is 2. The van der Waals surface area contributed by atoms with E-state index in [4.69, 9.17) is 4.74 Å². The van der Waals surface area contributed by atoms with Crippen molar-refractivity contribution in [2.24, 2.45) is 0 Å². The first-order chi connectivity index (χ1) is 16.2. The average molecular weight is 464 g/mol. The number of nitrogens with zero attached hydrogens (tertiary/aromatic N) is 3. The first-order valence-electron chi connectivity index (χ1n) is 10.8. The van der Waals surface area contributed by atoms with Crippen molar-refractivity contribution in [3.8, 4) is 0 Å². The number of hydrogen-bond acceptors (Lipinski definition) is 5. The number of fused-ring (bicyclic) bond motifs is 1. The van der Waals surface area contributed by atoms with Crippen molar-refractivity contribution < 1.29 is 23.5 Å². The number of aromatic nitrogens is 2. The van der Waals surface area contributed by atoms with Gasteiger partial charge in [0.1, 0.15) is 17.1 Å². The summed E-state index contributed by atoms with van der Waals surface area (Å²) in [5.41, 5.74) is 1.32. The highest BCUT2D eigenvalue weighted by molar-refractivity contribution is 6.06. The van der Waals surface area contributed by atoms with Gasteiger partial charge in [-0.15, -0.1) is 0 Å². The van der Waals surface area contributed by atoms with E-state index in [1.54, 1.807) is 19.1 Å². The van der Waals surface area contributed by atoms with E-state index in [0.717, 1.165) is 11.1 Å². The molecule has 9 heteroatoms. The quantitative estimate of drug-likeness (QED) is 0.567. The molecule has 0 aliphatic carbocycles. The Morgan fingerprint density at radius 1 is 1.12 bits per heavy atom. The summed E-state index contributed by atoms with van der Waals surface area (Å²) < 4.78 is 19.7. The highest BCUT2D eigenvalue weighted by atomic mass is 19.1. The number of carbonyl (C=O) groups is 3. The van der Waals surface area contributed by atoms with Crippen LogP contribution in [-0.4, -0.2) is 44.9 Å². The number of halogens is 1. The molecule has 1 aromatic heterocycles. The van der Waals surface area contributed by atoms with Crippen LogP contribution in [0.25, 0.3) is 0 Å². The van der Waals surface area contributed by atoms with Gasteiger partial charge >= 0.3 is 5.97 Å². The van der Waals surface area contributed by atoms with Gasteiger partial charge in [0.15, 0.2) is 5.69 Å². The smallest absolute Gasteiger partial charge is 0.359 e. The second-order valence-corrected chi connectivity index (χ2v) is 8.52. The Hall–Kier alpha value is -4.01. The molecule has 2 amide bonds. The largest absolute Gasteiger partial charge is 0.464 e. The Balaban J connectivity index is 1.68. The van der Waals surface area contributed by atoms with Crippen LogP contribution in [0, 0.1) is 12.7 Å². The molecule has 1 N–H and O–H groups in total. The monoisotopic (exact) mass is 464 g/mol. The zero-order valence-electron chi connectivity index (χ0n) is 19.2. The fraction of sp³-hybridized carbons (Fsp3) is 0.280. The standard InChI is InChI=1S/C25H25FN4O4/c1-16-4-6-17(7-5-16)12-27-24(33)25(2)14-29-15-28-20(23(32)34-3)21(29)22(31)30(25)13-18-8-10-19(26)11-9-18/h4-11,15H,12-14H2,1-3H3,(H,27,33)/t25-/m0/s1. The second kappa shape index (κ2) is 9.09. The van der Waals surface area contributed by atoms with Gasteiger partial charge in [0.25, 0.3) is 5.91 Å². The lowest BCUT2D eigenvalue weighted by molar-refractivity contribution is -0.133. The van der Waals surface area contributed by atoms with Gasteiger partial charge in [-0.05, 0) is 37.1 Å². The lowest BCUT2D eigenvalue weighted by Gasteiger charge is -2.43. The maximum absolute atomic E-state index is 13.6. The molecule has 3 aromatic rings. The van der Waals surface area contributed by atoms with Gasteiger partial charge in [0, 0.05) is 13.1 Å². The molecule has 2 aromatic carbocycles. The number of hydrogen-bond donors (Lipinski definition) is 1. The third kappa shape index (κ3) is 4.28. The lowest BCUT2D eigenvalue weighted by atomic mass is 9.93. The molecule has 2 heterocycles. The molecule has 1 atom stereocenters. The van der Waals surface area contributed by atoms with Crippen LogP contribution in [-0.2, 0) is 29.2 Å². The second-order valence-electron chi connectivity index (χ2n) is 8.52. The molecule has 8 nitrogen and oxygen atoms in total. The highest BCUT2D eigenvalue weighted by Crippen LogP contribution is 2.31. The van der Waals surface area contributed by atoms with Gasteiger partial charge in [0.05, 0.1) is 20.0 Å². The average Bonchev–Trinajstić information content (AvgIpc) is 3.25. The van der Waals surface area contributed by atoms with Crippen molar-refractivity contribution in [2.75, 3.05) is 7.11 Å². The van der Waals surface area contributed by atoms with Gasteiger partial charge in [-0.1, -0.05) is 42.0 Å². The molecule has 0 bridgehead atoms. The Labute approximate surface area is 196 Å². The van der Waals surface area contributed by atoms with E-state index in [9.17, 15) is 18.8 Å². The summed E-state index contributed by atoms with van der Waals surface area (Å²) in [7, 11) is 1.21. The van der Waals surface area contributed by atoms with E-state index < -0.39 is 23.2 Å². The summed E-state index contributed by atoms with van der Waals surface area (Å²) in [5.74, 6) is -2.04. The molecule has 0 radical (unpaired) electrons.